The molecule has 5 rings (SSSR count). The molecule has 0 saturated heterocycles. The lowest BCUT2D eigenvalue weighted by atomic mass is 9.95. The standard InChI is InChI=1S/C29H29N3O4/c1-18-5-8-21(9-6-18)28-25-26(20-10-12-22(34-2)13-11-20)30-31-27(25)29(33)32(28)16-15-19-7-14-23(35-3)24(17-19)36-4/h5-14,17,28H,15-16H2,1-4H3,(H,30,31). The van der Waals surface area contributed by atoms with Crippen LogP contribution in [0.15, 0.2) is 66.7 Å². The molecule has 0 aliphatic carbocycles. The van der Waals surface area contributed by atoms with Crippen LogP contribution in [0.25, 0.3) is 11.3 Å². The summed E-state index contributed by atoms with van der Waals surface area (Å²) in [7, 11) is 4.89. The summed E-state index contributed by atoms with van der Waals surface area (Å²) in [4.78, 5) is 15.6. The van der Waals surface area contributed by atoms with Crippen LogP contribution in [-0.2, 0) is 6.42 Å². The SMILES string of the molecule is COc1ccc(-c2n[nH]c3c2C(c2ccc(C)cc2)N(CCc2ccc(OC)c(OC)c2)C3=O)cc1. The minimum Gasteiger partial charge on any atom is -0.497 e. The quantitative estimate of drug-likeness (QED) is 0.373. The Hall–Kier alpha value is -4.26. The Labute approximate surface area is 210 Å². The molecular weight excluding hydrogens is 454 g/mol. The predicted octanol–water partition coefficient (Wildman–Crippen LogP) is 5.20. The number of benzene rings is 3. The summed E-state index contributed by atoms with van der Waals surface area (Å²) < 4.78 is 16.1. The highest BCUT2D eigenvalue weighted by Gasteiger charge is 2.41. The summed E-state index contributed by atoms with van der Waals surface area (Å²) in [6.45, 7) is 2.60. The Morgan fingerprint density at radius 2 is 1.61 bits per heavy atom. The van der Waals surface area contributed by atoms with Crippen LogP contribution in [0.4, 0.5) is 0 Å². The number of fused-ring (bicyclic) bond motifs is 1. The molecule has 0 spiro atoms. The van der Waals surface area contributed by atoms with Gasteiger partial charge in [-0.05, 0) is 60.9 Å². The van der Waals surface area contributed by atoms with Gasteiger partial charge in [0.05, 0.1) is 33.1 Å². The van der Waals surface area contributed by atoms with Gasteiger partial charge in [-0.15, -0.1) is 0 Å². The van der Waals surface area contributed by atoms with Crippen LogP contribution >= 0.6 is 0 Å². The second-order valence-corrected chi connectivity index (χ2v) is 8.84. The molecule has 0 radical (unpaired) electrons. The van der Waals surface area contributed by atoms with Gasteiger partial charge >= 0.3 is 0 Å². The summed E-state index contributed by atoms with van der Waals surface area (Å²) >= 11 is 0. The molecule has 3 aromatic carbocycles. The van der Waals surface area contributed by atoms with Crippen LogP contribution < -0.4 is 14.2 Å². The second kappa shape index (κ2) is 9.77. The van der Waals surface area contributed by atoms with Crippen molar-refractivity contribution in [2.75, 3.05) is 27.9 Å². The van der Waals surface area contributed by atoms with Crippen molar-refractivity contribution in [2.45, 2.75) is 19.4 Å². The highest BCUT2D eigenvalue weighted by Crippen LogP contribution is 2.43. The largest absolute Gasteiger partial charge is 0.497 e. The number of aromatic nitrogens is 2. The average Bonchev–Trinajstić information content (AvgIpc) is 3.46. The highest BCUT2D eigenvalue weighted by molar-refractivity contribution is 6.00. The summed E-state index contributed by atoms with van der Waals surface area (Å²) in [6, 6.07) is 21.7. The molecule has 1 N–H and O–H groups in total. The molecule has 0 fully saturated rings. The number of hydrogen-bond acceptors (Lipinski definition) is 5. The van der Waals surface area contributed by atoms with Gasteiger partial charge in [0.15, 0.2) is 11.5 Å². The van der Waals surface area contributed by atoms with Crippen molar-refractivity contribution in [3.8, 4) is 28.5 Å². The van der Waals surface area contributed by atoms with Crippen molar-refractivity contribution in [2.24, 2.45) is 0 Å². The molecule has 4 aromatic rings. The molecule has 1 atom stereocenters. The van der Waals surface area contributed by atoms with Gasteiger partial charge in [-0.25, -0.2) is 0 Å². The average molecular weight is 484 g/mol. The summed E-state index contributed by atoms with van der Waals surface area (Å²) in [5, 5.41) is 7.58. The van der Waals surface area contributed by atoms with Gasteiger partial charge in [-0.1, -0.05) is 35.9 Å². The number of carbonyl (C=O) groups excluding carboxylic acids is 1. The Balaban J connectivity index is 1.51. The molecule has 2 heterocycles. The second-order valence-electron chi connectivity index (χ2n) is 8.84. The molecule has 1 aliphatic rings. The van der Waals surface area contributed by atoms with Crippen LogP contribution in [0, 0.1) is 6.92 Å². The fourth-order valence-corrected chi connectivity index (χ4v) is 4.78. The molecule has 0 bridgehead atoms. The van der Waals surface area contributed by atoms with Gasteiger partial charge in [0.25, 0.3) is 5.91 Å². The van der Waals surface area contributed by atoms with E-state index in [2.05, 4.69) is 41.4 Å². The van der Waals surface area contributed by atoms with Gasteiger partial charge in [0.2, 0.25) is 0 Å². The van der Waals surface area contributed by atoms with Gasteiger partial charge in [0, 0.05) is 17.7 Å². The highest BCUT2D eigenvalue weighted by atomic mass is 16.5. The lowest BCUT2D eigenvalue weighted by Gasteiger charge is -2.26. The van der Waals surface area contributed by atoms with E-state index in [0.717, 1.165) is 33.7 Å². The van der Waals surface area contributed by atoms with E-state index in [1.54, 1.807) is 21.3 Å². The molecule has 7 nitrogen and oxygen atoms in total. The van der Waals surface area contributed by atoms with Gasteiger partial charge < -0.3 is 19.1 Å². The maximum absolute atomic E-state index is 13.6. The van der Waals surface area contributed by atoms with Gasteiger partial charge in [-0.3, -0.25) is 9.89 Å². The zero-order valence-electron chi connectivity index (χ0n) is 20.9. The van der Waals surface area contributed by atoms with Crippen molar-refractivity contribution in [3.63, 3.8) is 0 Å². The van der Waals surface area contributed by atoms with Crippen molar-refractivity contribution >= 4 is 5.91 Å². The molecule has 1 unspecified atom stereocenters. The number of ether oxygens (including phenoxy) is 3. The fourth-order valence-electron chi connectivity index (χ4n) is 4.78. The first-order valence-electron chi connectivity index (χ1n) is 11.8. The number of H-pyrrole nitrogens is 1. The minimum atomic E-state index is -0.246. The first kappa shape index (κ1) is 23.5. The van der Waals surface area contributed by atoms with E-state index in [9.17, 15) is 4.79 Å². The molecule has 1 aromatic heterocycles. The van der Waals surface area contributed by atoms with Crippen molar-refractivity contribution < 1.29 is 19.0 Å². The molecule has 184 valence electrons. The molecule has 1 aliphatic heterocycles. The van der Waals surface area contributed by atoms with Gasteiger partial charge in [-0.2, -0.15) is 5.10 Å². The van der Waals surface area contributed by atoms with E-state index in [1.165, 1.54) is 5.56 Å². The third kappa shape index (κ3) is 4.17. The zero-order valence-corrected chi connectivity index (χ0v) is 20.9. The van der Waals surface area contributed by atoms with Crippen LogP contribution in [0.5, 0.6) is 17.2 Å². The topological polar surface area (TPSA) is 76.7 Å². The lowest BCUT2D eigenvalue weighted by Crippen LogP contribution is -2.31. The zero-order chi connectivity index (χ0) is 25.2. The molecule has 7 heteroatoms. The maximum atomic E-state index is 13.6. The van der Waals surface area contributed by atoms with Crippen molar-refractivity contribution in [3.05, 3.63) is 94.7 Å². The first-order chi connectivity index (χ1) is 17.5. The van der Waals surface area contributed by atoms with Crippen LogP contribution in [-0.4, -0.2) is 48.9 Å². The number of aryl methyl sites for hydroxylation is 1. The number of methoxy groups -OCH3 is 3. The Bertz CT molecular complexity index is 1380. The summed E-state index contributed by atoms with van der Waals surface area (Å²) in [6.07, 6.45) is 0.671. The van der Waals surface area contributed by atoms with Crippen LogP contribution in [0.3, 0.4) is 0 Å². The molecular formula is C29H29N3O4. The normalized spacial score (nSPS) is 14.6. The number of amides is 1. The number of rotatable bonds is 8. The molecule has 0 saturated carbocycles. The summed E-state index contributed by atoms with van der Waals surface area (Å²) in [5.74, 6) is 2.08. The molecule has 1 amide bonds. The van der Waals surface area contributed by atoms with Gasteiger partial charge in [0.1, 0.15) is 11.4 Å². The predicted molar refractivity (Wildman–Crippen MR) is 138 cm³/mol. The number of nitrogens with one attached hydrogen (secondary N) is 1. The van der Waals surface area contributed by atoms with Crippen LogP contribution in [0.2, 0.25) is 0 Å². The monoisotopic (exact) mass is 483 g/mol. The van der Waals surface area contributed by atoms with E-state index in [4.69, 9.17) is 14.2 Å². The fraction of sp³-hybridized carbons (Fsp3) is 0.241. The van der Waals surface area contributed by atoms with Crippen molar-refractivity contribution in [1.29, 1.82) is 0 Å². The number of carbonyl (C=O) groups is 1. The molecule has 36 heavy (non-hydrogen) atoms. The number of aromatic amines is 1. The smallest absolute Gasteiger partial charge is 0.273 e. The summed E-state index contributed by atoms with van der Waals surface area (Å²) in [5.41, 5.74) is 6.44. The lowest BCUT2D eigenvalue weighted by molar-refractivity contribution is 0.0746. The Morgan fingerprint density at radius 1 is 0.889 bits per heavy atom. The van der Waals surface area contributed by atoms with E-state index in [-0.39, 0.29) is 11.9 Å². The van der Waals surface area contributed by atoms with E-state index in [1.807, 2.05) is 47.4 Å². The van der Waals surface area contributed by atoms with E-state index in [0.29, 0.717) is 30.2 Å². The number of hydrogen-bond donors (Lipinski definition) is 1. The maximum Gasteiger partial charge on any atom is 0.273 e. The Kier molecular flexibility index (Phi) is 6.38. The van der Waals surface area contributed by atoms with Crippen molar-refractivity contribution in [1.82, 2.24) is 15.1 Å². The third-order valence-electron chi connectivity index (χ3n) is 6.71. The third-order valence-corrected chi connectivity index (χ3v) is 6.71. The van der Waals surface area contributed by atoms with E-state index >= 15 is 0 Å². The van der Waals surface area contributed by atoms with E-state index < -0.39 is 0 Å². The number of nitrogens with zero attached hydrogens (tertiary/aromatic N) is 2. The van der Waals surface area contributed by atoms with Crippen LogP contribution in [0.1, 0.15) is 38.8 Å². The minimum absolute atomic E-state index is 0.0525. The Morgan fingerprint density at radius 3 is 2.28 bits per heavy atom. The first-order valence-corrected chi connectivity index (χ1v) is 11.8.